The lowest BCUT2D eigenvalue weighted by Crippen LogP contribution is -2.44. The molecule has 1 aliphatic carbocycles. The average molecular weight is 499 g/mol. The van der Waals surface area contributed by atoms with Crippen LogP contribution in [0.2, 0.25) is 0 Å². The number of aliphatic hydroxyl groups excluding tert-OH is 2. The summed E-state index contributed by atoms with van der Waals surface area (Å²) in [4.78, 5) is 15.5. The van der Waals surface area contributed by atoms with Gasteiger partial charge >= 0.3 is 6.18 Å². The van der Waals surface area contributed by atoms with E-state index in [1.165, 1.54) is 30.9 Å². The smallest absolute Gasteiger partial charge is 0.417 e. The molecule has 0 atom stereocenters. The van der Waals surface area contributed by atoms with Crippen molar-refractivity contribution in [3.63, 3.8) is 0 Å². The lowest BCUT2D eigenvalue weighted by atomic mass is 9.99. The number of hydrogen-bond donors (Lipinski definition) is 2. The average Bonchev–Trinajstić information content (AvgIpc) is 2.95. The van der Waals surface area contributed by atoms with Gasteiger partial charge in [0.15, 0.2) is 10.9 Å². The summed E-state index contributed by atoms with van der Waals surface area (Å²) < 4.78 is 60.3. The van der Waals surface area contributed by atoms with E-state index in [-0.39, 0.29) is 29.4 Å². The Morgan fingerprint density at radius 2 is 1.91 bits per heavy atom. The fourth-order valence-corrected chi connectivity index (χ4v) is 4.33. The third-order valence-electron chi connectivity index (χ3n) is 5.53. The molecule has 0 aromatic heterocycles. The number of allylic oxidation sites excluding steroid dienone is 4. The van der Waals surface area contributed by atoms with Crippen molar-refractivity contribution in [2.24, 2.45) is 0 Å². The van der Waals surface area contributed by atoms with Crippen LogP contribution in [-0.4, -0.2) is 51.0 Å². The van der Waals surface area contributed by atoms with E-state index in [9.17, 15) is 22.4 Å². The highest BCUT2D eigenvalue weighted by Gasteiger charge is 2.51. The van der Waals surface area contributed by atoms with Gasteiger partial charge in [-0.1, -0.05) is 0 Å². The molecule has 1 saturated heterocycles. The first-order valence-corrected chi connectivity index (χ1v) is 10.5. The number of alkyl halides is 3. The van der Waals surface area contributed by atoms with Crippen molar-refractivity contribution in [2.45, 2.75) is 44.5 Å². The van der Waals surface area contributed by atoms with E-state index in [1.807, 2.05) is 0 Å². The van der Waals surface area contributed by atoms with Gasteiger partial charge in [-0.25, -0.2) is 4.39 Å². The van der Waals surface area contributed by atoms with Crippen molar-refractivity contribution in [3.8, 4) is 6.07 Å². The Balaban J connectivity index is 2.00. The predicted octanol–water partition coefficient (Wildman–Crippen LogP) is 3.52. The lowest BCUT2D eigenvalue weighted by Gasteiger charge is -2.33. The van der Waals surface area contributed by atoms with Crippen molar-refractivity contribution in [3.05, 3.63) is 52.7 Å². The molecule has 1 fully saturated rings. The van der Waals surface area contributed by atoms with Gasteiger partial charge in [0.25, 0.3) is 5.91 Å². The van der Waals surface area contributed by atoms with Crippen LogP contribution >= 0.6 is 12.2 Å². The van der Waals surface area contributed by atoms with Crippen LogP contribution in [0.25, 0.3) is 0 Å². The molecule has 0 unspecified atom stereocenters. The Morgan fingerprint density at radius 1 is 1.26 bits per heavy atom. The first-order chi connectivity index (χ1) is 15.9. The molecule has 34 heavy (non-hydrogen) atoms. The SMILES string of the molecule is CC1(C)C(=O)N(c2ccc(C#N)c(C(F)(F)F)c2)C(=S)N1C1=CC(F)=C(OC(CO)CO)CC1. The molecule has 3 rings (SSSR count). The highest BCUT2D eigenvalue weighted by molar-refractivity contribution is 7.80. The van der Waals surface area contributed by atoms with Gasteiger partial charge in [0.05, 0.1) is 36.1 Å². The van der Waals surface area contributed by atoms with E-state index < -0.39 is 53.9 Å². The maximum absolute atomic E-state index is 14.7. The molecular weight excluding hydrogens is 478 g/mol. The van der Waals surface area contributed by atoms with E-state index in [0.29, 0.717) is 11.8 Å². The zero-order valence-corrected chi connectivity index (χ0v) is 19.0. The molecule has 1 heterocycles. The van der Waals surface area contributed by atoms with Crippen molar-refractivity contribution in [1.82, 2.24) is 4.90 Å². The number of rotatable bonds is 6. The summed E-state index contributed by atoms with van der Waals surface area (Å²) in [6.07, 6.45) is -4.48. The van der Waals surface area contributed by atoms with Crippen molar-refractivity contribution in [1.29, 1.82) is 5.26 Å². The Morgan fingerprint density at radius 3 is 2.44 bits per heavy atom. The van der Waals surface area contributed by atoms with Crippen LogP contribution in [-0.2, 0) is 15.7 Å². The summed E-state index contributed by atoms with van der Waals surface area (Å²) in [5.74, 6) is -1.48. The zero-order chi connectivity index (χ0) is 25.4. The maximum Gasteiger partial charge on any atom is 0.417 e. The van der Waals surface area contributed by atoms with Crippen LogP contribution in [0.15, 0.2) is 41.6 Å². The Bertz CT molecular complexity index is 1120. The summed E-state index contributed by atoms with van der Waals surface area (Å²) >= 11 is 5.43. The number of carbonyl (C=O) groups is 1. The van der Waals surface area contributed by atoms with Crippen LogP contribution in [0.5, 0.6) is 0 Å². The van der Waals surface area contributed by atoms with Gasteiger partial charge in [-0.15, -0.1) is 0 Å². The standard InChI is InChI=1S/C22H21F4N3O4S/c1-21(2)19(32)28(13-4-3-12(9-27)16(7-13)22(24,25)26)20(34)29(21)14-5-6-18(17(23)8-14)33-15(10-30)11-31/h3-4,7-8,15,30-31H,5-6,10-11H2,1-2H3. The molecule has 7 nitrogen and oxygen atoms in total. The molecule has 0 spiro atoms. The molecule has 1 aliphatic heterocycles. The Kier molecular flexibility index (Phi) is 7.02. The minimum absolute atomic E-state index is 0.0483. The molecule has 12 heteroatoms. The van der Waals surface area contributed by atoms with Gasteiger partial charge < -0.3 is 19.8 Å². The number of aliphatic hydroxyl groups is 2. The van der Waals surface area contributed by atoms with Crippen LogP contribution in [0, 0.1) is 11.3 Å². The molecule has 1 aromatic carbocycles. The number of thiocarbonyl (C=S) groups is 1. The molecule has 0 radical (unpaired) electrons. The number of carbonyl (C=O) groups excluding carboxylic acids is 1. The third kappa shape index (κ3) is 4.51. The van der Waals surface area contributed by atoms with Gasteiger partial charge in [-0.05, 0) is 56.8 Å². The van der Waals surface area contributed by atoms with Gasteiger partial charge in [-0.3, -0.25) is 9.69 Å². The molecule has 0 bridgehead atoms. The summed E-state index contributed by atoms with van der Waals surface area (Å²) in [5.41, 5.74) is -2.99. The van der Waals surface area contributed by atoms with Crippen molar-refractivity contribution in [2.75, 3.05) is 18.1 Å². The van der Waals surface area contributed by atoms with E-state index in [4.69, 9.17) is 32.4 Å². The summed E-state index contributed by atoms with van der Waals surface area (Å²) in [7, 11) is 0. The molecule has 2 N–H and O–H groups in total. The number of ether oxygens (including phenoxy) is 1. The predicted molar refractivity (Wildman–Crippen MR) is 117 cm³/mol. The van der Waals surface area contributed by atoms with Gasteiger partial charge in [0, 0.05) is 12.1 Å². The molecular formula is C22H21F4N3O4S. The number of nitriles is 1. The highest BCUT2D eigenvalue weighted by Crippen LogP contribution is 2.41. The highest BCUT2D eigenvalue weighted by atomic mass is 32.1. The number of anilines is 1. The Hall–Kier alpha value is -3.01. The third-order valence-corrected chi connectivity index (χ3v) is 5.89. The zero-order valence-electron chi connectivity index (χ0n) is 18.2. The van der Waals surface area contributed by atoms with Crippen LogP contribution in [0.4, 0.5) is 23.2 Å². The van der Waals surface area contributed by atoms with E-state index in [1.54, 1.807) is 0 Å². The van der Waals surface area contributed by atoms with Gasteiger partial charge in [-0.2, -0.15) is 18.4 Å². The maximum atomic E-state index is 14.7. The second-order valence-corrected chi connectivity index (χ2v) is 8.53. The minimum Gasteiger partial charge on any atom is -0.487 e. The van der Waals surface area contributed by atoms with E-state index in [2.05, 4.69) is 0 Å². The number of amides is 1. The topological polar surface area (TPSA) is 97.0 Å². The largest absolute Gasteiger partial charge is 0.487 e. The quantitative estimate of drug-likeness (QED) is 0.457. The monoisotopic (exact) mass is 499 g/mol. The number of halogens is 4. The fourth-order valence-electron chi connectivity index (χ4n) is 3.79. The molecule has 2 aliphatic rings. The van der Waals surface area contributed by atoms with Crippen molar-refractivity contribution >= 4 is 28.9 Å². The van der Waals surface area contributed by atoms with Crippen LogP contribution in [0.3, 0.4) is 0 Å². The van der Waals surface area contributed by atoms with Crippen LogP contribution in [0.1, 0.15) is 37.8 Å². The van der Waals surface area contributed by atoms with E-state index >= 15 is 0 Å². The molecule has 1 amide bonds. The lowest BCUT2D eigenvalue weighted by molar-refractivity contribution is -0.137. The molecule has 182 valence electrons. The van der Waals surface area contributed by atoms with E-state index in [0.717, 1.165) is 17.0 Å². The molecule has 1 aromatic rings. The Labute approximate surface area is 198 Å². The van der Waals surface area contributed by atoms with Crippen LogP contribution < -0.4 is 4.90 Å². The van der Waals surface area contributed by atoms with Gasteiger partial charge in [0.1, 0.15) is 17.4 Å². The fraction of sp³-hybridized carbons (Fsp3) is 0.409. The number of benzene rings is 1. The van der Waals surface area contributed by atoms with Gasteiger partial charge in [0.2, 0.25) is 0 Å². The number of nitrogens with zero attached hydrogens (tertiary/aromatic N) is 3. The first kappa shape index (κ1) is 25.6. The first-order valence-electron chi connectivity index (χ1n) is 10.1. The second-order valence-electron chi connectivity index (χ2n) is 8.17. The summed E-state index contributed by atoms with van der Waals surface area (Å²) in [5, 5.41) is 27.2. The molecule has 0 saturated carbocycles. The second kappa shape index (κ2) is 9.32. The van der Waals surface area contributed by atoms with Crippen molar-refractivity contribution < 1.29 is 37.3 Å². The normalized spacial score (nSPS) is 18.5. The summed E-state index contributed by atoms with van der Waals surface area (Å²) in [6, 6.07) is 4.34. The minimum atomic E-state index is -4.82. The summed E-state index contributed by atoms with van der Waals surface area (Å²) in [6.45, 7) is 2.00. The number of hydrogen-bond acceptors (Lipinski definition) is 6.